The molecule has 0 saturated carbocycles. The molecule has 0 radical (unpaired) electrons. The number of nitrogens with zero attached hydrogens (tertiary/aromatic N) is 1. The summed E-state index contributed by atoms with van der Waals surface area (Å²) in [5.74, 6) is 0. The van der Waals surface area contributed by atoms with Gasteiger partial charge in [0.15, 0.2) is 7.85 Å². The number of aromatic nitrogens is 1. The number of benzene rings is 1. The molecule has 0 unspecified atom stereocenters. The van der Waals surface area contributed by atoms with Crippen molar-refractivity contribution in [2.45, 2.75) is 11.8 Å². The summed E-state index contributed by atoms with van der Waals surface area (Å²) in [6, 6.07) is 12.4. The van der Waals surface area contributed by atoms with E-state index in [4.69, 9.17) is 0 Å². The fourth-order valence-electron chi connectivity index (χ4n) is 1.64. The molecule has 1 aromatic carbocycles. The lowest BCUT2D eigenvalue weighted by molar-refractivity contribution is 1.31. The maximum absolute atomic E-state index is 4.29. The van der Waals surface area contributed by atoms with Crippen LogP contribution in [0, 0.1) is 6.92 Å². The minimum Gasteiger partial charge on any atom is -0.271 e. The first-order valence-electron chi connectivity index (χ1n) is 5.53. The molecule has 0 aliphatic rings. The Bertz CT molecular complexity index is 551. The molecule has 0 atom stereocenters. The van der Waals surface area contributed by atoms with Gasteiger partial charge in [0.2, 0.25) is 0 Å². The van der Waals surface area contributed by atoms with E-state index in [0.717, 1.165) is 16.1 Å². The average molecular weight is 239 g/mol. The van der Waals surface area contributed by atoms with E-state index in [1.165, 1.54) is 10.5 Å². The predicted molar refractivity (Wildman–Crippen MR) is 78.5 cm³/mol. The SMILES string of the molecule is Bc1ncccc1C(=C)Sc1ccccc1C. The van der Waals surface area contributed by atoms with Crippen LogP contribution in [0.3, 0.4) is 0 Å². The Hall–Kier alpha value is -1.48. The highest BCUT2D eigenvalue weighted by molar-refractivity contribution is 8.08. The Balaban J connectivity index is 2.24. The predicted octanol–water partition coefficient (Wildman–Crippen LogP) is 2.41. The zero-order valence-corrected chi connectivity index (χ0v) is 10.9. The molecule has 0 amide bonds. The van der Waals surface area contributed by atoms with Gasteiger partial charge in [-0.05, 0) is 30.2 Å². The summed E-state index contributed by atoms with van der Waals surface area (Å²) in [5.41, 5.74) is 3.43. The molecule has 3 heteroatoms. The number of rotatable bonds is 3. The molecule has 1 heterocycles. The standard InChI is InChI=1S/C14H14BNS/c1-10-6-3-4-8-13(10)17-11(2)12-7-5-9-16-14(12)15/h3-9H,2,15H2,1H3. The van der Waals surface area contributed by atoms with Crippen LogP contribution in [-0.2, 0) is 0 Å². The quantitative estimate of drug-likeness (QED) is 0.602. The summed E-state index contributed by atoms with van der Waals surface area (Å²) in [6.45, 7) is 6.26. The van der Waals surface area contributed by atoms with Gasteiger partial charge in [-0.1, -0.05) is 42.6 Å². The van der Waals surface area contributed by atoms with Crippen molar-refractivity contribution >= 4 is 30.1 Å². The van der Waals surface area contributed by atoms with Gasteiger partial charge in [0.1, 0.15) is 0 Å². The van der Waals surface area contributed by atoms with E-state index in [9.17, 15) is 0 Å². The van der Waals surface area contributed by atoms with Crippen molar-refractivity contribution in [2.75, 3.05) is 0 Å². The maximum atomic E-state index is 4.29. The van der Waals surface area contributed by atoms with Crippen molar-refractivity contribution < 1.29 is 0 Å². The molecule has 0 saturated heterocycles. The molecule has 0 bridgehead atoms. The third kappa shape index (κ3) is 2.80. The van der Waals surface area contributed by atoms with E-state index in [1.54, 1.807) is 11.8 Å². The fourth-order valence-corrected chi connectivity index (χ4v) is 2.60. The molecular weight excluding hydrogens is 225 g/mol. The minimum absolute atomic E-state index is 1.03. The van der Waals surface area contributed by atoms with Crippen molar-refractivity contribution in [3.05, 3.63) is 60.3 Å². The van der Waals surface area contributed by atoms with Crippen LogP contribution in [0.2, 0.25) is 0 Å². The second kappa shape index (κ2) is 5.24. The normalized spacial score (nSPS) is 10.2. The molecule has 0 aliphatic heterocycles. The molecule has 0 spiro atoms. The van der Waals surface area contributed by atoms with Gasteiger partial charge in [-0.2, -0.15) is 0 Å². The molecular formula is C14H14BNS. The summed E-state index contributed by atoms with van der Waals surface area (Å²) < 4.78 is 0. The summed E-state index contributed by atoms with van der Waals surface area (Å²) in [4.78, 5) is 6.59. The Morgan fingerprint density at radius 3 is 2.71 bits per heavy atom. The van der Waals surface area contributed by atoms with Gasteiger partial charge in [0.25, 0.3) is 0 Å². The molecule has 0 fully saturated rings. The van der Waals surface area contributed by atoms with Gasteiger partial charge in [-0.3, -0.25) is 4.98 Å². The zero-order chi connectivity index (χ0) is 12.3. The van der Waals surface area contributed by atoms with E-state index >= 15 is 0 Å². The molecule has 1 nitrogen and oxygen atoms in total. The molecule has 1 aromatic heterocycles. The third-order valence-electron chi connectivity index (χ3n) is 2.63. The lowest BCUT2D eigenvalue weighted by atomic mass is 9.98. The topological polar surface area (TPSA) is 12.9 Å². The Morgan fingerprint density at radius 2 is 2.00 bits per heavy atom. The Labute approximate surface area is 107 Å². The number of pyridine rings is 1. The van der Waals surface area contributed by atoms with E-state index in [0.29, 0.717) is 0 Å². The van der Waals surface area contributed by atoms with Crippen LogP contribution in [0.4, 0.5) is 0 Å². The van der Waals surface area contributed by atoms with E-state index in [1.807, 2.05) is 20.1 Å². The third-order valence-corrected chi connectivity index (χ3v) is 3.78. The van der Waals surface area contributed by atoms with E-state index in [2.05, 4.69) is 48.8 Å². The van der Waals surface area contributed by atoms with Crippen LogP contribution in [-0.4, -0.2) is 12.8 Å². The largest absolute Gasteiger partial charge is 0.271 e. The van der Waals surface area contributed by atoms with Crippen LogP contribution in [0.1, 0.15) is 11.1 Å². The number of hydrogen-bond acceptors (Lipinski definition) is 2. The number of thioether (sulfide) groups is 1. The van der Waals surface area contributed by atoms with Crippen molar-refractivity contribution in [1.29, 1.82) is 0 Å². The summed E-state index contributed by atoms with van der Waals surface area (Å²) in [5, 5.41) is 0. The first-order chi connectivity index (χ1) is 8.18. The summed E-state index contributed by atoms with van der Waals surface area (Å²) in [7, 11) is 2.01. The zero-order valence-electron chi connectivity index (χ0n) is 10.1. The number of hydrogen-bond donors (Lipinski definition) is 0. The van der Waals surface area contributed by atoms with E-state index < -0.39 is 0 Å². The highest BCUT2D eigenvalue weighted by Crippen LogP contribution is 2.33. The van der Waals surface area contributed by atoms with Crippen LogP contribution in [0.15, 0.2) is 54.1 Å². The lowest BCUT2D eigenvalue weighted by Crippen LogP contribution is -2.12. The van der Waals surface area contributed by atoms with Gasteiger partial charge in [0, 0.05) is 21.6 Å². The first-order valence-corrected chi connectivity index (χ1v) is 6.34. The van der Waals surface area contributed by atoms with E-state index in [-0.39, 0.29) is 0 Å². The molecule has 0 N–H and O–H groups in total. The molecule has 17 heavy (non-hydrogen) atoms. The summed E-state index contributed by atoms with van der Waals surface area (Å²) in [6.07, 6.45) is 1.81. The van der Waals surface area contributed by atoms with Crippen LogP contribution < -0.4 is 5.59 Å². The van der Waals surface area contributed by atoms with Crippen LogP contribution in [0.25, 0.3) is 4.91 Å². The smallest absolute Gasteiger partial charge is 0.164 e. The molecule has 2 rings (SSSR count). The van der Waals surface area contributed by atoms with Gasteiger partial charge in [-0.15, -0.1) is 0 Å². The molecule has 84 valence electrons. The summed E-state index contributed by atoms with van der Waals surface area (Å²) >= 11 is 1.70. The lowest BCUT2D eigenvalue weighted by Gasteiger charge is -2.09. The Morgan fingerprint density at radius 1 is 1.24 bits per heavy atom. The number of aryl methyl sites for hydroxylation is 1. The van der Waals surface area contributed by atoms with Crippen molar-refractivity contribution in [2.24, 2.45) is 0 Å². The molecule has 0 aliphatic carbocycles. The van der Waals surface area contributed by atoms with Gasteiger partial charge >= 0.3 is 0 Å². The second-order valence-electron chi connectivity index (χ2n) is 3.93. The highest BCUT2D eigenvalue weighted by atomic mass is 32.2. The van der Waals surface area contributed by atoms with Gasteiger partial charge in [-0.25, -0.2) is 0 Å². The molecule has 2 aromatic rings. The first kappa shape index (κ1) is 12.0. The monoisotopic (exact) mass is 239 g/mol. The Kier molecular flexibility index (Phi) is 3.69. The average Bonchev–Trinajstić information content (AvgIpc) is 2.32. The van der Waals surface area contributed by atoms with Crippen molar-refractivity contribution in [1.82, 2.24) is 4.98 Å². The second-order valence-corrected chi connectivity index (χ2v) is 5.06. The van der Waals surface area contributed by atoms with Crippen LogP contribution in [0.5, 0.6) is 0 Å². The van der Waals surface area contributed by atoms with Gasteiger partial charge < -0.3 is 0 Å². The van der Waals surface area contributed by atoms with Gasteiger partial charge in [0.05, 0.1) is 0 Å². The highest BCUT2D eigenvalue weighted by Gasteiger charge is 2.06. The van der Waals surface area contributed by atoms with Crippen molar-refractivity contribution in [3.63, 3.8) is 0 Å². The maximum Gasteiger partial charge on any atom is 0.164 e. The minimum atomic E-state index is 1.03. The van der Waals surface area contributed by atoms with Crippen LogP contribution >= 0.6 is 11.8 Å². The van der Waals surface area contributed by atoms with Crippen molar-refractivity contribution in [3.8, 4) is 0 Å². The fraction of sp³-hybridized carbons (Fsp3) is 0.0714.